The maximum absolute atomic E-state index is 5.82. The lowest BCUT2D eigenvalue weighted by Gasteiger charge is -2.18. The van der Waals surface area contributed by atoms with Crippen LogP contribution < -0.4 is 0 Å². The second-order valence-electron chi connectivity index (χ2n) is 6.32. The largest absolute Gasteiger partial charge is 0.436 e. The van der Waals surface area contributed by atoms with Crippen LogP contribution in [0, 0.1) is 6.92 Å². The number of aromatic nitrogens is 1. The van der Waals surface area contributed by atoms with E-state index in [1.165, 1.54) is 11.1 Å². The van der Waals surface area contributed by atoms with E-state index in [-0.39, 0.29) is 5.41 Å². The number of hydrogen-bond acceptors (Lipinski definition) is 2. The molecule has 0 bridgehead atoms. The van der Waals surface area contributed by atoms with Gasteiger partial charge in [0.15, 0.2) is 5.58 Å². The SMILES string of the molecule is Cc1ccc2oc(-c3ccc(C(C)(C)C)cc3)nc2c1. The van der Waals surface area contributed by atoms with Gasteiger partial charge in [-0.3, -0.25) is 0 Å². The van der Waals surface area contributed by atoms with E-state index in [4.69, 9.17) is 4.42 Å². The number of fused-ring (bicyclic) bond motifs is 1. The molecule has 0 unspecified atom stereocenters. The molecule has 1 aromatic heterocycles. The minimum absolute atomic E-state index is 0.164. The van der Waals surface area contributed by atoms with Gasteiger partial charge >= 0.3 is 0 Å². The quantitative estimate of drug-likeness (QED) is 0.611. The number of rotatable bonds is 1. The van der Waals surface area contributed by atoms with Crippen LogP contribution in [0.25, 0.3) is 22.6 Å². The molecular weight excluding hydrogens is 246 g/mol. The van der Waals surface area contributed by atoms with Gasteiger partial charge in [0, 0.05) is 5.56 Å². The minimum Gasteiger partial charge on any atom is -0.436 e. The van der Waals surface area contributed by atoms with Crippen LogP contribution in [0.5, 0.6) is 0 Å². The van der Waals surface area contributed by atoms with Gasteiger partial charge in [0.2, 0.25) is 5.89 Å². The Hall–Kier alpha value is -2.09. The summed E-state index contributed by atoms with van der Waals surface area (Å²) < 4.78 is 5.82. The van der Waals surface area contributed by atoms with Crippen molar-refractivity contribution in [2.24, 2.45) is 0 Å². The zero-order valence-electron chi connectivity index (χ0n) is 12.4. The lowest BCUT2D eigenvalue weighted by atomic mass is 9.87. The van der Waals surface area contributed by atoms with Crippen LogP contribution >= 0.6 is 0 Å². The molecule has 20 heavy (non-hydrogen) atoms. The molecular formula is C18H19NO. The molecule has 0 saturated heterocycles. The lowest BCUT2D eigenvalue weighted by molar-refractivity contribution is 0.589. The van der Waals surface area contributed by atoms with Gasteiger partial charge < -0.3 is 4.42 Å². The monoisotopic (exact) mass is 265 g/mol. The standard InChI is InChI=1S/C18H19NO/c1-12-5-10-16-15(11-12)19-17(20-16)13-6-8-14(9-7-13)18(2,3)4/h5-11H,1-4H3. The van der Waals surface area contributed by atoms with Crippen LogP contribution in [-0.4, -0.2) is 4.98 Å². The highest BCUT2D eigenvalue weighted by Crippen LogP contribution is 2.28. The number of oxazole rings is 1. The molecule has 3 aromatic rings. The van der Waals surface area contributed by atoms with Gasteiger partial charge in [-0.1, -0.05) is 39.0 Å². The van der Waals surface area contributed by atoms with E-state index in [0.29, 0.717) is 5.89 Å². The zero-order valence-corrected chi connectivity index (χ0v) is 12.4. The summed E-state index contributed by atoms with van der Waals surface area (Å²) in [7, 11) is 0. The summed E-state index contributed by atoms with van der Waals surface area (Å²) in [5.41, 5.74) is 5.45. The Morgan fingerprint density at radius 2 is 1.65 bits per heavy atom. The molecule has 0 aliphatic rings. The molecule has 2 aromatic carbocycles. The first-order valence-corrected chi connectivity index (χ1v) is 6.91. The second kappa shape index (κ2) is 4.48. The van der Waals surface area contributed by atoms with Crippen LogP contribution in [0.3, 0.4) is 0 Å². The summed E-state index contributed by atoms with van der Waals surface area (Å²) in [6, 6.07) is 14.5. The molecule has 2 heteroatoms. The third kappa shape index (κ3) is 2.34. The van der Waals surface area contributed by atoms with Crippen LogP contribution in [0.2, 0.25) is 0 Å². The third-order valence-corrected chi connectivity index (χ3v) is 3.54. The van der Waals surface area contributed by atoms with Gasteiger partial charge in [-0.05, 0) is 47.7 Å². The van der Waals surface area contributed by atoms with Gasteiger partial charge in [0.25, 0.3) is 0 Å². The van der Waals surface area contributed by atoms with Gasteiger partial charge in [-0.2, -0.15) is 0 Å². The Morgan fingerprint density at radius 1 is 0.950 bits per heavy atom. The van der Waals surface area contributed by atoms with E-state index in [1.54, 1.807) is 0 Å². The average molecular weight is 265 g/mol. The second-order valence-corrected chi connectivity index (χ2v) is 6.32. The average Bonchev–Trinajstić information content (AvgIpc) is 2.80. The van der Waals surface area contributed by atoms with Crippen molar-refractivity contribution in [1.29, 1.82) is 0 Å². The van der Waals surface area contributed by atoms with Gasteiger partial charge in [0.05, 0.1) is 0 Å². The fourth-order valence-corrected chi connectivity index (χ4v) is 2.27. The van der Waals surface area contributed by atoms with Crippen LogP contribution in [0.4, 0.5) is 0 Å². The van der Waals surface area contributed by atoms with Crippen molar-refractivity contribution in [3.8, 4) is 11.5 Å². The maximum Gasteiger partial charge on any atom is 0.227 e. The van der Waals surface area contributed by atoms with Gasteiger partial charge in [-0.25, -0.2) is 4.98 Å². The van der Waals surface area contributed by atoms with Crippen molar-refractivity contribution in [3.05, 3.63) is 53.6 Å². The molecule has 0 spiro atoms. The normalized spacial score (nSPS) is 12.0. The molecule has 0 fully saturated rings. The molecule has 0 amide bonds. The molecule has 102 valence electrons. The molecule has 0 aliphatic carbocycles. The van der Waals surface area contributed by atoms with Crippen molar-refractivity contribution in [2.75, 3.05) is 0 Å². The van der Waals surface area contributed by atoms with Crippen LogP contribution in [-0.2, 0) is 5.41 Å². The molecule has 0 atom stereocenters. The smallest absolute Gasteiger partial charge is 0.227 e. The summed E-state index contributed by atoms with van der Waals surface area (Å²) in [5.74, 6) is 0.686. The maximum atomic E-state index is 5.82. The molecule has 1 heterocycles. The van der Waals surface area contributed by atoms with E-state index >= 15 is 0 Å². The topological polar surface area (TPSA) is 26.0 Å². The minimum atomic E-state index is 0.164. The summed E-state index contributed by atoms with van der Waals surface area (Å²) in [5, 5.41) is 0. The summed E-state index contributed by atoms with van der Waals surface area (Å²) in [6.45, 7) is 8.70. The molecule has 0 aliphatic heterocycles. The molecule has 0 radical (unpaired) electrons. The lowest BCUT2D eigenvalue weighted by Crippen LogP contribution is -2.10. The molecule has 0 saturated carbocycles. The van der Waals surface area contributed by atoms with Crippen molar-refractivity contribution >= 4 is 11.1 Å². The Balaban J connectivity index is 2.02. The summed E-state index contributed by atoms with van der Waals surface area (Å²) in [4.78, 5) is 4.57. The van der Waals surface area contributed by atoms with E-state index in [2.05, 4.69) is 56.9 Å². The first kappa shape index (κ1) is 12.9. The van der Waals surface area contributed by atoms with E-state index < -0.39 is 0 Å². The van der Waals surface area contributed by atoms with Crippen LogP contribution in [0.1, 0.15) is 31.9 Å². The highest BCUT2D eigenvalue weighted by molar-refractivity contribution is 5.76. The number of aryl methyl sites for hydroxylation is 1. The first-order valence-electron chi connectivity index (χ1n) is 6.91. The summed E-state index contributed by atoms with van der Waals surface area (Å²) >= 11 is 0. The van der Waals surface area contributed by atoms with E-state index in [0.717, 1.165) is 16.7 Å². The summed E-state index contributed by atoms with van der Waals surface area (Å²) in [6.07, 6.45) is 0. The van der Waals surface area contributed by atoms with Gasteiger partial charge in [0.1, 0.15) is 5.52 Å². The number of benzene rings is 2. The molecule has 0 N–H and O–H groups in total. The van der Waals surface area contributed by atoms with E-state index in [9.17, 15) is 0 Å². The Labute approximate surface area is 119 Å². The van der Waals surface area contributed by atoms with Crippen molar-refractivity contribution < 1.29 is 4.42 Å². The van der Waals surface area contributed by atoms with E-state index in [1.807, 2.05) is 18.2 Å². The third-order valence-electron chi connectivity index (χ3n) is 3.54. The fourth-order valence-electron chi connectivity index (χ4n) is 2.27. The molecule has 3 rings (SSSR count). The highest BCUT2D eigenvalue weighted by Gasteiger charge is 2.14. The fraction of sp³-hybridized carbons (Fsp3) is 0.278. The predicted octanol–water partition coefficient (Wildman–Crippen LogP) is 5.10. The van der Waals surface area contributed by atoms with Crippen molar-refractivity contribution in [2.45, 2.75) is 33.1 Å². The predicted molar refractivity (Wildman–Crippen MR) is 82.9 cm³/mol. The Bertz CT molecular complexity index is 745. The number of hydrogen-bond donors (Lipinski definition) is 0. The highest BCUT2D eigenvalue weighted by atomic mass is 16.3. The van der Waals surface area contributed by atoms with Crippen molar-refractivity contribution in [3.63, 3.8) is 0 Å². The zero-order chi connectivity index (χ0) is 14.3. The van der Waals surface area contributed by atoms with Crippen LogP contribution in [0.15, 0.2) is 46.9 Å². The first-order chi connectivity index (χ1) is 9.43. The number of nitrogens with zero attached hydrogens (tertiary/aromatic N) is 1. The van der Waals surface area contributed by atoms with Gasteiger partial charge in [-0.15, -0.1) is 0 Å². The molecule has 2 nitrogen and oxygen atoms in total. The Morgan fingerprint density at radius 3 is 2.30 bits per heavy atom. The Kier molecular flexibility index (Phi) is 2.89. The van der Waals surface area contributed by atoms with Crippen molar-refractivity contribution in [1.82, 2.24) is 4.98 Å².